The van der Waals surface area contributed by atoms with Crippen LogP contribution in [-0.4, -0.2) is 9.97 Å². The highest BCUT2D eigenvalue weighted by Gasteiger charge is 2.19. The maximum absolute atomic E-state index is 5.44. The van der Waals surface area contributed by atoms with Crippen molar-refractivity contribution in [1.82, 2.24) is 9.97 Å². The molecule has 0 radical (unpaired) electrons. The second kappa shape index (κ2) is 11.4. The predicted octanol–water partition coefficient (Wildman–Crippen LogP) is 12.0. The maximum atomic E-state index is 5.44. The highest BCUT2D eigenvalue weighted by Crippen LogP contribution is 2.40. The SMILES string of the molecule is CC(C)(C)c1ccc(-c2cc(-c3ccccc3)c3c(ccc4c(-c5ccccc5)cc(-c5ccc(C(C)(C)C)cc5)nc43)n2)cc1. The lowest BCUT2D eigenvalue weighted by Gasteiger charge is -2.20. The zero-order valence-corrected chi connectivity index (χ0v) is 27.6. The molecule has 2 aromatic heterocycles. The second-order valence-corrected chi connectivity index (χ2v) is 14.4. The van der Waals surface area contributed by atoms with Gasteiger partial charge in [-0.2, -0.15) is 0 Å². The van der Waals surface area contributed by atoms with Gasteiger partial charge in [0.05, 0.1) is 22.4 Å². The van der Waals surface area contributed by atoms with Crippen LogP contribution in [0.4, 0.5) is 0 Å². The van der Waals surface area contributed by atoms with Gasteiger partial charge in [0.25, 0.3) is 0 Å². The Bertz CT molecular complexity index is 2160. The first kappa shape index (κ1) is 29.6. The Balaban J connectivity index is 1.52. The van der Waals surface area contributed by atoms with Gasteiger partial charge in [0.15, 0.2) is 0 Å². The minimum atomic E-state index is 0.0851. The van der Waals surface area contributed by atoms with E-state index < -0.39 is 0 Å². The van der Waals surface area contributed by atoms with Crippen LogP contribution in [0.2, 0.25) is 0 Å². The van der Waals surface area contributed by atoms with Crippen LogP contribution in [0.25, 0.3) is 66.6 Å². The Hall–Kier alpha value is -5.08. The van der Waals surface area contributed by atoms with E-state index in [9.17, 15) is 0 Å². The summed E-state index contributed by atoms with van der Waals surface area (Å²) in [7, 11) is 0. The number of hydrogen-bond donors (Lipinski definition) is 0. The fraction of sp³-hybridized carbons (Fsp3) is 0.182. The average Bonchev–Trinajstić information content (AvgIpc) is 3.07. The summed E-state index contributed by atoms with van der Waals surface area (Å²) in [6, 6.07) is 48.0. The van der Waals surface area contributed by atoms with Crippen molar-refractivity contribution in [2.45, 2.75) is 52.4 Å². The summed E-state index contributed by atoms with van der Waals surface area (Å²) >= 11 is 0. The van der Waals surface area contributed by atoms with E-state index in [0.717, 1.165) is 55.4 Å². The molecule has 0 amide bonds. The quantitative estimate of drug-likeness (QED) is 0.189. The molecule has 0 saturated heterocycles. The van der Waals surface area contributed by atoms with Crippen molar-refractivity contribution in [1.29, 1.82) is 0 Å². The molecule has 0 spiro atoms. The molecule has 5 aromatic carbocycles. The van der Waals surface area contributed by atoms with Crippen LogP contribution in [0.5, 0.6) is 0 Å². The summed E-state index contributed by atoms with van der Waals surface area (Å²) in [6.07, 6.45) is 0. The van der Waals surface area contributed by atoms with Crippen molar-refractivity contribution in [2.24, 2.45) is 0 Å². The van der Waals surface area contributed by atoms with Gasteiger partial charge in [-0.1, -0.05) is 151 Å². The van der Waals surface area contributed by atoms with Gasteiger partial charge in [-0.3, -0.25) is 0 Å². The molecule has 2 heteroatoms. The van der Waals surface area contributed by atoms with Crippen molar-refractivity contribution in [3.8, 4) is 44.8 Å². The van der Waals surface area contributed by atoms with Gasteiger partial charge in [0.1, 0.15) is 0 Å². The van der Waals surface area contributed by atoms with Crippen LogP contribution in [0, 0.1) is 0 Å². The summed E-state index contributed by atoms with van der Waals surface area (Å²) in [5, 5.41) is 2.19. The first-order valence-corrected chi connectivity index (χ1v) is 16.2. The molecule has 0 unspecified atom stereocenters. The Morgan fingerprint density at radius 3 is 1.37 bits per heavy atom. The van der Waals surface area contributed by atoms with E-state index in [0.29, 0.717) is 0 Å². The third-order valence-electron chi connectivity index (χ3n) is 9.01. The summed E-state index contributed by atoms with van der Waals surface area (Å²) in [6.45, 7) is 13.5. The molecular formula is C44H40N2. The van der Waals surface area contributed by atoms with Gasteiger partial charge >= 0.3 is 0 Å². The van der Waals surface area contributed by atoms with Gasteiger partial charge in [-0.15, -0.1) is 0 Å². The minimum absolute atomic E-state index is 0.0851. The van der Waals surface area contributed by atoms with Gasteiger partial charge in [-0.25, -0.2) is 9.97 Å². The predicted molar refractivity (Wildman–Crippen MR) is 196 cm³/mol. The smallest absolute Gasteiger partial charge is 0.0816 e. The van der Waals surface area contributed by atoms with E-state index in [-0.39, 0.29) is 10.8 Å². The van der Waals surface area contributed by atoms with Gasteiger partial charge in [0.2, 0.25) is 0 Å². The standard InChI is InChI=1S/C44H40N2/c1-43(2,3)33-21-17-31(18-22-33)39-28-37(30-15-11-8-12-16-30)41-38(45-39)26-25-35-36(29-13-9-7-10-14-29)27-40(46-42(35)41)32-19-23-34(24-20-32)44(4,5)6/h7-28H,1-6H3. The zero-order valence-electron chi connectivity index (χ0n) is 27.6. The van der Waals surface area contributed by atoms with Crippen LogP contribution in [-0.2, 0) is 10.8 Å². The third kappa shape index (κ3) is 5.61. The van der Waals surface area contributed by atoms with Gasteiger partial charge in [-0.05, 0) is 68.5 Å². The number of hydrogen-bond acceptors (Lipinski definition) is 2. The Morgan fingerprint density at radius 2 is 0.870 bits per heavy atom. The second-order valence-electron chi connectivity index (χ2n) is 14.4. The van der Waals surface area contributed by atoms with Crippen molar-refractivity contribution in [2.75, 3.05) is 0 Å². The van der Waals surface area contributed by atoms with E-state index in [1.165, 1.54) is 22.3 Å². The van der Waals surface area contributed by atoms with Crippen molar-refractivity contribution < 1.29 is 0 Å². The molecule has 7 aromatic rings. The monoisotopic (exact) mass is 596 g/mol. The molecule has 0 bridgehead atoms. The molecule has 7 rings (SSSR count). The zero-order chi connectivity index (χ0) is 32.1. The van der Waals surface area contributed by atoms with Crippen LogP contribution in [0.3, 0.4) is 0 Å². The molecule has 0 aliphatic carbocycles. The number of fused-ring (bicyclic) bond motifs is 3. The minimum Gasteiger partial charge on any atom is -0.248 e. The normalized spacial score (nSPS) is 12.1. The van der Waals surface area contributed by atoms with Gasteiger partial charge < -0.3 is 0 Å². The molecular weight excluding hydrogens is 556 g/mol. The largest absolute Gasteiger partial charge is 0.248 e. The van der Waals surface area contributed by atoms with Crippen molar-refractivity contribution in [3.63, 3.8) is 0 Å². The number of pyridine rings is 2. The summed E-state index contributed by atoms with van der Waals surface area (Å²) in [5.41, 5.74) is 13.5. The van der Waals surface area contributed by atoms with Crippen LogP contribution >= 0.6 is 0 Å². The van der Waals surface area contributed by atoms with E-state index in [1.54, 1.807) is 0 Å². The summed E-state index contributed by atoms with van der Waals surface area (Å²) < 4.78 is 0. The van der Waals surface area contributed by atoms with E-state index >= 15 is 0 Å². The first-order chi connectivity index (χ1) is 22.1. The number of aromatic nitrogens is 2. The molecule has 0 aliphatic rings. The van der Waals surface area contributed by atoms with Crippen LogP contribution < -0.4 is 0 Å². The lowest BCUT2D eigenvalue weighted by Crippen LogP contribution is -2.10. The van der Waals surface area contributed by atoms with Crippen molar-refractivity contribution >= 4 is 21.8 Å². The number of rotatable bonds is 4. The van der Waals surface area contributed by atoms with E-state index in [1.807, 2.05) is 0 Å². The lowest BCUT2D eigenvalue weighted by atomic mass is 9.86. The average molecular weight is 597 g/mol. The molecule has 2 heterocycles. The number of nitrogens with zero attached hydrogens (tertiary/aromatic N) is 2. The summed E-state index contributed by atoms with van der Waals surface area (Å²) in [5.74, 6) is 0. The molecule has 46 heavy (non-hydrogen) atoms. The van der Waals surface area contributed by atoms with Crippen LogP contribution in [0.15, 0.2) is 133 Å². The van der Waals surface area contributed by atoms with Gasteiger partial charge in [0, 0.05) is 21.9 Å². The highest BCUT2D eigenvalue weighted by atomic mass is 14.7. The Kier molecular flexibility index (Phi) is 7.32. The van der Waals surface area contributed by atoms with Crippen molar-refractivity contribution in [3.05, 3.63) is 145 Å². The molecule has 0 atom stereocenters. The Labute approximate surface area is 272 Å². The first-order valence-electron chi connectivity index (χ1n) is 16.2. The maximum Gasteiger partial charge on any atom is 0.0816 e. The lowest BCUT2D eigenvalue weighted by molar-refractivity contribution is 0.590. The molecule has 0 fully saturated rings. The van der Waals surface area contributed by atoms with E-state index in [4.69, 9.17) is 9.97 Å². The molecule has 0 aliphatic heterocycles. The molecule has 0 saturated carbocycles. The molecule has 2 nitrogen and oxygen atoms in total. The Morgan fingerprint density at radius 1 is 0.413 bits per heavy atom. The number of benzene rings is 5. The molecule has 226 valence electrons. The fourth-order valence-corrected chi connectivity index (χ4v) is 6.29. The van der Waals surface area contributed by atoms with Crippen LogP contribution in [0.1, 0.15) is 52.7 Å². The topological polar surface area (TPSA) is 25.8 Å². The summed E-state index contributed by atoms with van der Waals surface area (Å²) in [4.78, 5) is 10.7. The van der Waals surface area contributed by atoms with E-state index in [2.05, 4.69) is 175 Å². The fourth-order valence-electron chi connectivity index (χ4n) is 6.29. The highest BCUT2D eigenvalue weighted by molar-refractivity contribution is 6.15. The molecule has 0 N–H and O–H groups in total. The third-order valence-corrected chi connectivity index (χ3v) is 9.01.